The van der Waals surface area contributed by atoms with E-state index in [1.54, 1.807) is 12.4 Å². The van der Waals surface area contributed by atoms with Gasteiger partial charge in [0.15, 0.2) is 0 Å². The third kappa shape index (κ3) is 3.98. The molecule has 4 heteroatoms. The fraction of sp³-hybridized carbons (Fsp3) is 0.500. The van der Waals surface area contributed by atoms with Gasteiger partial charge in [-0.25, -0.2) is 0 Å². The molecule has 0 fully saturated rings. The van der Waals surface area contributed by atoms with Crippen molar-refractivity contribution in [1.82, 2.24) is 15.2 Å². The van der Waals surface area contributed by atoms with E-state index >= 15 is 0 Å². The predicted octanol–water partition coefficient (Wildman–Crippen LogP) is 1.04. The Balaban J connectivity index is 2.28. The van der Waals surface area contributed by atoms with Gasteiger partial charge in [-0.1, -0.05) is 6.07 Å². The lowest BCUT2D eigenvalue weighted by Gasteiger charge is -2.18. The van der Waals surface area contributed by atoms with Gasteiger partial charge in [-0.05, 0) is 25.5 Å². The number of amides is 1. The van der Waals surface area contributed by atoms with Crippen molar-refractivity contribution < 1.29 is 4.79 Å². The van der Waals surface area contributed by atoms with E-state index in [0.717, 1.165) is 18.7 Å². The lowest BCUT2D eigenvalue weighted by atomic mass is 10.3. The van der Waals surface area contributed by atoms with E-state index in [4.69, 9.17) is 0 Å². The SMILES string of the molecule is CCN(CC)C(=O)CNCc1cccnc1. The summed E-state index contributed by atoms with van der Waals surface area (Å²) in [6.07, 6.45) is 3.54. The van der Waals surface area contributed by atoms with Crippen LogP contribution in [-0.4, -0.2) is 35.4 Å². The molecule has 1 heterocycles. The molecule has 0 radical (unpaired) electrons. The van der Waals surface area contributed by atoms with Crippen molar-refractivity contribution in [3.63, 3.8) is 0 Å². The highest BCUT2D eigenvalue weighted by Gasteiger charge is 2.07. The third-order valence-electron chi connectivity index (χ3n) is 2.44. The number of nitrogens with zero attached hydrogens (tertiary/aromatic N) is 2. The molecule has 0 saturated carbocycles. The van der Waals surface area contributed by atoms with Crippen LogP contribution in [0.5, 0.6) is 0 Å². The molecule has 0 saturated heterocycles. The number of hydrogen-bond donors (Lipinski definition) is 1. The molecule has 0 aromatic carbocycles. The summed E-state index contributed by atoms with van der Waals surface area (Å²) in [4.78, 5) is 17.5. The summed E-state index contributed by atoms with van der Waals surface area (Å²) in [6.45, 7) is 6.58. The Labute approximate surface area is 96.7 Å². The van der Waals surface area contributed by atoms with E-state index in [1.807, 2.05) is 30.9 Å². The van der Waals surface area contributed by atoms with Crippen LogP contribution in [-0.2, 0) is 11.3 Å². The van der Waals surface area contributed by atoms with Gasteiger partial charge in [-0.3, -0.25) is 9.78 Å². The molecule has 16 heavy (non-hydrogen) atoms. The van der Waals surface area contributed by atoms with Gasteiger partial charge in [-0.2, -0.15) is 0 Å². The van der Waals surface area contributed by atoms with Gasteiger partial charge in [0, 0.05) is 32.0 Å². The minimum Gasteiger partial charge on any atom is -0.342 e. The first-order chi connectivity index (χ1) is 7.77. The highest BCUT2D eigenvalue weighted by Crippen LogP contribution is 1.94. The molecule has 0 bridgehead atoms. The lowest BCUT2D eigenvalue weighted by Crippen LogP contribution is -2.37. The first kappa shape index (κ1) is 12.6. The van der Waals surface area contributed by atoms with Crippen LogP contribution in [0.15, 0.2) is 24.5 Å². The molecule has 0 unspecified atom stereocenters. The summed E-state index contributed by atoms with van der Waals surface area (Å²) in [5.41, 5.74) is 1.09. The van der Waals surface area contributed by atoms with Crippen LogP contribution in [0, 0.1) is 0 Å². The van der Waals surface area contributed by atoms with E-state index in [-0.39, 0.29) is 5.91 Å². The normalized spacial score (nSPS) is 10.1. The predicted molar refractivity (Wildman–Crippen MR) is 63.9 cm³/mol. The summed E-state index contributed by atoms with van der Waals surface area (Å²) in [7, 11) is 0. The standard InChI is InChI=1S/C12H19N3O/c1-3-15(4-2)12(16)10-14-9-11-6-5-7-13-8-11/h5-8,14H,3-4,9-10H2,1-2H3. The molecule has 4 nitrogen and oxygen atoms in total. The second-order valence-corrected chi connectivity index (χ2v) is 3.53. The molecule has 0 atom stereocenters. The quantitative estimate of drug-likeness (QED) is 0.780. The van der Waals surface area contributed by atoms with Gasteiger partial charge in [0.25, 0.3) is 0 Å². The minimum absolute atomic E-state index is 0.147. The number of nitrogens with one attached hydrogen (secondary N) is 1. The summed E-state index contributed by atoms with van der Waals surface area (Å²) < 4.78 is 0. The molecule has 1 amide bonds. The van der Waals surface area contributed by atoms with Gasteiger partial charge in [0.05, 0.1) is 6.54 Å². The van der Waals surface area contributed by atoms with E-state index in [1.165, 1.54) is 0 Å². The Morgan fingerprint density at radius 2 is 2.19 bits per heavy atom. The number of hydrogen-bond acceptors (Lipinski definition) is 3. The van der Waals surface area contributed by atoms with Crippen molar-refractivity contribution in [1.29, 1.82) is 0 Å². The van der Waals surface area contributed by atoms with E-state index in [9.17, 15) is 4.79 Å². The van der Waals surface area contributed by atoms with E-state index in [0.29, 0.717) is 13.1 Å². The number of pyridine rings is 1. The molecular formula is C12H19N3O. The average molecular weight is 221 g/mol. The summed E-state index contributed by atoms with van der Waals surface area (Å²) in [5.74, 6) is 0.147. The van der Waals surface area contributed by atoms with Crippen LogP contribution >= 0.6 is 0 Å². The molecule has 0 aliphatic heterocycles. The van der Waals surface area contributed by atoms with Crippen LogP contribution < -0.4 is 5.32 Å². The minimum atomic E-state index is 0.147. The van der Waals surface area contributed by atoms with Crippen molar-refractivity contribution >= 4 is 5.91 Å². The molecule has 0 aliphatic carbocycles. The molecule has 88 valence electrons. The number of rotatable bonds is 6. The molecule has 1 aromatic rings. The second-order valence-electron chi connectivity index (χ2n) is 3.53. The van der Waals surface area contributed by atoms with Crippen molar-refractivity contribution in [3.8, 4) is 0 Å². The maximum Gasteiger partial charge on any atom is 0.236 e. The molecule has 1 aromatic heterocycles. The van der Waals surface area contributed by atoms with Crippen molar-refractivity contribution in [2.45, 2.75) is 20.4 Å². The molecule has 1 N–H and O–H groups in total. The zero-order valence-electron chi connectivity index (χ0n) is 9.94. The van der Waals surface area contributed by atoms with Crippen molar-refractivity contribution in [3.05, 3.63) is 30.1 Å². The highest BCUT2D eigenvalue weighted by molar-refractivity contribution is 5.78. The largest absolute Gasteiger partial charge is 0.342 e. The Hall–Kier alpha value is -1.42. The Kier molecular flexibility index (Phi) is 5.50. The van der Waals surface area contributed by atoms with E-state index < -0.39 is 0 Å². The van der Waals surface area contributed by atoms with Crippen molar-refractivity contribution in [2.24, 2.45) is 0 Å². The smallest absolute Gasteiger partial charge is 0.236 e. The molecule has 0 aliphatic rings. The van der Waals surface area contributed by atoms with Crippen LogP contribution in [0.1, 0.15) is 19.4 Å². The number of likely N-dealkylation sites (N-methyl/N-ethyl adjacent to an activating group) is 1. The Morgan fingerprint density at radius 3 is 2.75 bits per heavy atom. The first-order valence-electron chi connectivity index (χ1n) is 5.65. The second kappa shape index (κ2) is 6.95. The summed E-state index contributed by atoms with van der Waals surface area (Å²) >= 11 is 0. The average Bonchev–Trinajstić information content (AvgIpc) is 2.32. The van der Waals surface area contributed by atoms with Gasteiger partial charge in [0.1, 0.15) is 0 Å². The van der Waals surface area contributed by atoms with Gasteiger partial charge >= 0.3 is 0 Å². The summed E-state index contributed by atoms with van der Waals surface area (Å²) in [5, 5.41) is 3.12. The highest BCUT2D eigenvalue weighted by atomic mass is 16.2. The summed E-state index contributed by atoms with van der Waals surface area (Å²) in [6, 6.07) is 3.88. The molecular weight excluding hydrogens is 202 g/mol. The fourth-order valence-electron chi connectivity index (χ4n) is 1.50. The van der Waals surface area contributed by atoms with Gasteiger partial charge in [-0.15, -0.1) is 0 Å². The maximum absolute atomic E-state index is 11.6. The Morgan fingerprint density at radius 1 is 1.44 bits per heavy atom. The maximum atomic E-state index is 11.6. The zero-order valence-corrected chi connectivity index (χ0v) is 9.94. The van der Waals surface area contributed by atoms with Crippen LogP contribution in [0.2, 0.25) is 0 Å². The Bertz CT molecular complexity index is 309. The fourth-order valence-corrected chi connectivity index (χ4v) is 1.50. The number of carbonyl (C=O) groups excluding carboxylic acids is 1. The van der Waals surface area contributed by atoms with Crippen LogP contribution in [0.4, 0.5) is 0 Å². The topological polar surface area (TPSA) is 45.2 Å². The van der Waals surface area contributed by atoms with Crippen LogP contribution in [0.3, 0.4) is 0 Å². The first-order valence-corrected chi connectivity index (χ1v) is 5.65. The third-order valence-corrected chi connectivity index (χ3v) is 2.44. The van der Waals surface area contributed by atoms with Crippen LogP contribution in [0.25, 0.3) is 0 Å². The zero-order chi connectivity index (χ0) is 11.8. The van der Waals surface area contributed by atoms with Gasteiger partial charge in [0.2, 0.25) is 5.91 Å². The lowest BCUT2D eigenvalue weighted by molar-refractivity contribution is -0.129. The number of aromatic nitrogens is 1. The van der Waals surface area contributed by atoms with Crippen molar-refractivity contribution in [2.75, 3.05) is 19.6 Å². The molecule has 1 rings (SSSR count). The monoisotopic (exact) mass is 221 g/mol. The number of carbonyl (C=O) groups is 1. The van der Waals surface area contributed by atoms with E-state index in [2.05, 4.69) is 10.3 Å². The molecule has 0 spiro atoms. The van der Waals surface area contributed by atoms with Gasteiger partial charge < -0.3 is 10.2 Å².